The van der Waals surface area contributed by atoms with Crippen LogP contribution in [0.25, 0.3) is 0 Å². The molecule has 0 fully saturated rings. The molecule has 2 aromatic carbocycles. The van der Waals surface area contributed by atoms with E-state index in [4.69, 9.17) is 15.9 Å². The van der Waals surface area contributed by atoms with Crippen LogP contribution in [-0.4, -0.2) is 28.6 Å². The van der Waals surface area contributed by atoms with E-state index in [0.29, 0.717) is 17.7 Å². The molecule has 0 spiro atoms. The van der Waals surface area contributed by atoms with E-state index in [-0.39, 0.29) is 18.8 Å². The molecule has 0 unspecified atom stereocenters. The Balaban J connectivity index is 0.000000550. The van der Waals surface area contributed by atoms with Gasteiger partial charge in [-0.3, -0.25) is 9.59 Å². The molecule has 0 radical (unpaired) electrons. The van der Waals surface area contributed by atoms with Crippen LogP contribution in [0.5, 0.6) is 0 Å². The highest BCUT2D eigenvalue weighted by atomic mass is 16.4. The van der Waals surface area contributed by atoms with E-state index in [1.54, 1.807) is 6.92 Å². The number of benzene rings is 2. The first-order valence-corrected chi connectivity index (χ1v) is 8.27. The van der Waals surface area contributed by atoms with Gasteiger partial charge in [0.25, 0.3) is 0 Å². The van der Waals surface area contributed by atoms with E-state index >= 15 is 0 Å². The number of aliphatic hydroxyl groups is 1. The van der Waals surface area contributed by atoms with Gasteiger partial charge in [-0.05, 0) is 24.0 Å². The number of carboxylic acids is 1. The number of hydrogen-bond donors (Lipinski definition) is 3. The summed E-state index contributed by atoms with van der Waals surface area (Å²) in [6, 6.07) is 14.9. The lowest BCUT2D eigenvalue weighted by Crippen LogP contribution is -2.03. The predicted octanol–water partition coefficient (Wildman–Crippen LogP) is 2.78. The Kier molecular flexibility index (Phi) is 9.14. The van der Waals surface area contributed by atoms with Crippen molar-refractivity contribution in [2.75, 3.05) is 6.61 Å². The summed E-state index contributed by atoms with van der Waals surface area (Å²) in [5.41, 5.74) is 9.04. The second-order valence-corrected chi connectivity index (χ2v) is 5.50. The summed E-state index contributed by atoms with van der Waals surface area (Å²) in [6.45, 7) is 2.27. The lowest BCUT2D eigenvalue weighted by Gasteiger charge is -2.04. The SMILES string of the molecule is CCC(=O)O.NCc1ccc(C(=O)c2ccc(CCCO)cc2)cc1. The van der Waals surface area contributed by atoms with Gasteiger partial charge < -0.3 is 15.9 Å². The van der Waals surface area contributed by atoms with Gasteiger partial charge in [-0.2, -0.15) is 0 Å². The lowest BCUT2D eigenvalue weighted by atomic mass is 10.00. The summed E-state index contributed by atoms with van der Waals surface area (Å²) in [4.78, 5) is 21.7. The molecule has 0 saturated carbocycles. The average Bonchev–Trinajstić information content (AvgIpc) is 2.66. The fourth-order valence-electron chi connectivity index (χ4n) is 2.06. The second-order valence-electron chi connectivity index (χ2n) is 5.50. The van der Waals surface area contributed by atoms with Crippen molar-refractivity contribution >= 4 is 11.8 Å². The molecule has 2 rings (SSSR count). The molecule has 0 aliphatic carbocycles. The first-order valence-electron chi connectivity index (χ1n) is 8.27. The standard InChI is InChI=1S/C17H19NO2.C3H6O2/c18-12-14-5-9-16(10-6-14)17(20)15-7-3-13(4-8-15)2-1-11-19;1-2-3(4)5/h3-10,19H,1-2,11-12,18H2;2H2,1H3,(H,4,5). The molecule has 134 valence electrons. The van der Waals surface area contributed by atoms with Crippen LogP contribution >= 0.6 is 0 Å². The maximum Gasteiger partial charge on any atom is 0.303 e. The van der Waals surface area contributed by atoms with Gasteiger partial charge in [-0.1, -0.05) is 55.5 Å². The third-order valence-corrected chi connectivity index (χ3v) is 3.59. The number of nitrogens with two attached hydrogens (primary N) is 1. The van der Waals surface area contributed by atoms with Crippen molar-refractivity contribution in [2.45, 2.75) is 32.7 Å². The zero-order valence-electron chi connectivity index (χ0n) is 14.4. The van der Waals surface area contributed by atoms with Gasteiger partial charge in [-0.25, -0.2) is 0 Å². The van der Waals surface area contributed by atoms with Crippen molar-refractivity contribution in [3.05, 3.63) is 70.8 Å². The molecule has 2 aromatic rings. The van der Waals surface area contributed by atoms with Crippen molar-refractivity contribution in [3.8, 4) is 0 Å². The molecule has 4 N–H and O–H groups in total. The number of carbonyl (C=O) groups is 2. The third kappa shape index (κ3) is 7.28. The molecule has 5 nitrogen and oxygen atoms in total. The van der Waals surface area contributed by atoms with Crippen LogP contribution in [0.3, 0.4) is 0 Å². The van der Waals surface area contributed by atoms with E-state index in [9.17, 15) is 9.59 Å². The first kappa shape index (κ1) is 20.5. The van der Waals surface area contributed by atoms with Crippen molar-refractivity contribution in [2.24, 2.45) is 5.73 Å². The van der Waals surface area contributed by atoms with Gasteiger partial charge in [0.1, 0.15) is 0 Å². The zero-order chi connectivity index (χ0) is 18.7. The van der Waals surface area contributed by atoms with Gasteiger partial charge in [0, 0.05) is 30.7 Å². The molecule has 0 heterocycles. The number of carbonyl (C=O) groups excluding carboxylic acids is 1. The topological polar surface area (TPSA) is 101 Å². The summed E-state index contributed by atoms with van der Waals surface area (Å²) in [5, 5.41) is 16.5. The highest BCUT2D eigenvalue weighted by Crippen LogP contribution is 2.13. The Hall–Kier alpha value is -2.50. The Labute approximate surface area is 148 Å². The quantitative estimate of drug-likeness (QED) is 0.671. The maximum atomic E-state index is 12.3. The molecular formula is C20H25NO4. The van der Waals surface area contributed by atoms with Crippen molar-refractivity contribution in [1.29, 1.82) is 0 Å². The van der Waals surface area contributed by atoms with E-state index in [2.05, 4.69) is 0 Å². The molecule has 0 aromatic heterocycles. The lowest BCUT2D eigenvalue weighted by molar-refractivity contribution is -0.136. The Morgan fingerprint density at radius 1 is 0.920 bits per heavy atom. The summed E-state index contributed by atoms with van der Waals surface area (Å²) in [5.74, 6) is -0.729. The largest absolute Gasteiger partial charge is 0.481 e. The predicted molar refractivity (Wildman–Crippen MR) is 97.5 cm³/mol. The minimum absolute atomic E-state index is 0.0160. The van der Waals surface area contributed by atoms with Crippen LogP contribution in [0.2, 0.25) is 0 Å². The van der Waals surface area contributed by atoms with Gasteiger partial charge in [-0.15, -0.1) is 0 Å². The van der Waals surface area contributed by atoms with Crippen LogP contribution in [0.1, 0.15) is 46.8 Å². The molecular weight excluding hydrogens is 318 g/mol. The van der Waals surface area contributed by atoms with Gasteiger partial charge in [0.15, 0.2) is 5.78 Å². The van der Waals surface area contributed by atoms with Gasteiger partial charge in [0.2, 0.25) is 0 Å². The molecule has 0 bridgehead atoms. The summed E-state index contributed by atoms with van der Waals surface area (Å²) in [6.07, 6.45) is 1.80. The van der Waals surface area contributed by atoms with E-state index in [0.717, 1.165) is 24.0 Å². The molecule has 0 amide bonds. The third-order valence-electron chi connectivity index (χ3n) is 3.59. The molecule has 0 aliphatic heterocycles. The average molecular weight is 343 g/mol. The van der Waals surface area contributed by atoms with Crippen LogP contribution in [0, 0.1) is 0 Å². The number of carboxylic acid groups (broad SMARTS) is 1. The molecule has 0 aliphatic rings. The summed E-state index contributed by atoms with van der Waals surface area (Å²) < 4.78 is 0. The Bertz CT molecular complexity index is 663. The monoisotopic (exact) mass is 343 g/mol. The van der Waals surface area contributed by atoms with Crippen molar-refractivity contribution < 1.29 is 19.8 Å². The summed E-state index contributed by atoms with van der Waals surface area (Å²) in [7, 11) is 0. The smallest absolute Gasteiger partial charge is 0.303 e. The molecule has 0 saturated heterocycles. The second kappa shape index (κ2) is 11.1. The minimum Gasteiger partial charge on any atom is -0.481 e. The molecule has 0 atom stereocenters. The molecule has 5 heteroatoms. The first-order chi connectivity index (χ1) is 12.0. The van der Waals surface area contributed by atoms with Crippen LogP contribution in [0.4, 0.5) is 0 Å². The highest BCUT2D eigenvalue weighted by molar-refractivity contribution is 6.08. The normalized spacial score (nSPS) is 9.88. The van der Waals surface area contributed by atoms with Crippen LogP contribution in [0.15, 0.2) is 48.5 Å². The van der Waals surface area contributed by atoms with E-state index in [1.165, 1.54) is 0 Å². The number of rotatable bonds is 7. The fourth-order valence-corrected chi connectivity index (χ4v) is 2.06. The number of aliphatic hydroxyl groups excluding tert-OH is 1. The minimum atomic E-state index is -0.745. The Morgan fingerprint density at radius 2 is 1.36 bits per heavy atom. The van der Waals surface area contributed by atoms with Crippen LogP contribution < -0.4 is 5.73 Å². The van der Waals surface area contributed by atoms with Gasteiger partial charge >= 0.3 is 5.97 Å². The number of hydrogen-bond acceptors (Lipinski definition) is 4. The number of aryl methyl sites for hydroxylation is 1. The molecule has 25 heavy (non-hydrogen) atoms. The van der Waals surface area contributed by atoms with Gasteiger partial charge in [0.05, 0.1) is 0 Å². The maximum absolute atomic E-state index is 12.3. The summed E-state index contributed by atoms with van der Waals surface area (Å²) >= 11 is 0. The van der Waals surface area contributed by atoms with Crippen molar-refractivity contribution in [1.82, 2.24) is 0 Å². The van der Waals surface area contributed by atoms with E-state index in [1.807, 2.05) is 48.5 Å². The number of ketones is 1. The zero-order valence-corrected chi connectivity index (χ0v) is 14.4. The van der Waals surface area contributed by atoms with Crippen molar-refractivity contribution in [3.63, 3.8) is 0 Å². The fraction of sp³-hybridized carbons (Fsp3) is 0.300. The Morgan fingerprint density at radius 3 is 1.72 bits per heavy atom. The highest BCUT2D eigenvalue weighted by Gasteiger charge is 2.08. The van der Waals surface area contributed by atoms with Crippen LogP contribution in [-0.2, 0) is 17.8 Å². The number of aliphatic carboxylic acids is 1. The van der Waals surface area contributed by atoms with E-state index < -0.39 is 5.97 Å².